The zero-order valence-corrected chi connectivity index (χ0v) is 11.7. The first-order valence-corrected chi connectivity index (χ1v) is 6.65. The Bertz CT molecular complexity index is 418. The fourth-order valence-electron chi connectivity index (χ4n) is 1.89. The molecule has 3 N–H and O–H groups in total. The highest BCUT2D eigenvalue weighted by Crippen LogP contribution is 2.25. The second kappa shape index (κ2) is 7.24. The lowest BCUT2D eigenvalue weighted by atomic mass is 9.84. The van der Waals surface area contributed by atoms with E-state index in [0.717, 1.165) is 12.8 Å². The largest absolute Gasteiger partial charge is 0.352 e. The second-order valence-electron chi connectivity index (χ2n) is 5.57. The van der Waals surface area contributed by atoms with E-state index in [4.69, 9.17) is 5.73 Å². The van der Waals surface area contributed by atoms with Crippen molar-refractivity contribution in [3.63, 3.8) is 0 Å². The van der Waals surface area contributed by atoms with Gasteiger partial charge in [-0.2, -0.15) is 0 Å². The summed E-state index contributed by atoms with van der Waals surface area (Å²) in [6.07, 6.45) is 2.13. The van der Waals surface area contributed by atoms with Gasteiger partial charge in [0.25, 0.3) is 0 Å². The summed E-state index contributed by atoms with van der Waals surface area (Å²) in [6, 6.07) is 6.46. The second-order valence-corrected chi connectivity index (χ2v) is 5.57. The van der Waals surface area contributed by atoms with Gasteiger partial charge in [0.15, 0.2) is 0 Å². The fraction of sp³-hybridized carbons (Fsp3) is 0.533. The number of rotatable bonds is 7. The van der Waals surface area contributed by atoms with E-state index < -0.39 is 0 Å². The van der Waals surface area contributed by atoms with Crippen molar-refractivity contribution in [2.75, 3.05) is 6.54 Å². The van der Waals surface area contributed by atoms with Crippen LogP contribution in [0.3, 0.4) is 0 Å². The molecule has 1 amide bonds. The maximum absolute atomic E-state index is 13.4. The van der Waals surface area contributed by atoms with Crippen LogP contribution in [0.4, 0.5) is 4.39 Å². The number of carbonyl (C=O) groups is 1. The molecule has 0 aromatic heterocycles. The molecule has 0 aliphatic carbocycles. The van der Waals surface area contributed by atoms with E-state index in [2.05, 4.69) is 19.2 Å². The molecule has 0 unspecified atom stereocenters. The van der Waals surface area contributed by atoms with Gasteiger partial charge in [0.05, 0.1) is 0 Å². The molecule has 0 bridgehead atoms. The Morgan fingerprint density at radius 1 is 1.32 bits per heavy atom. The summed E-state index contributed by atoms with van der Waals surface area (Å²) < 4.78 is 13.4. The third kappa shape index (κ3) is 5.83. The van der Waals surface area contributed by atoms with E-state index in [1.807, 2.05) is 0 Å². The van der Waals surface area contributed by atoms with Crippen molar-refractivity contribution in [3.8, 4) is 0 Å². The fourth-order valence-corrected chi connectivity index (χ4v) is 1.89. The number of amides is 1. The monoisotopic (exact) mass is 266 g/mol. The van der Waals surface area contributed by atoms with Gasteiger partial charge in [-0.1, -0.05) is 32.0 Å². The number of benzene rings is 1. The zero-order valence-electron chi connectivity index (χ0n) is 11.7. The normalized spacial score (nSPS) is 11.4. The molecule has 1 aromatic carbocycles. The number of halogens is 1. The molecule has 0 atom stereocenters. The Morgan fingerprint density at radius 2 is 2.00 bits per heavy atom. The lowest BCUT2D eigenvalue weighted by Crippen LogP contribution is -2.26. The molecule has 0 saturated heterocycles. The summed E-state index contributed by atoms with van der Waals surface area (Å²) in [4.78, 5) is 11.7. The van der Waals surface area contributed by atoms with Gasteiger partial charge in [0.2, 0.25) is 5.91 Å². The number of nitrogens with two attached hydrogens (primary N) is 1. The molecule has 0 fully saturated rings. The van der Waals surface area contributed by atoms with Crippen LogP contribution >= 0.6 is 0 Å². The first-order valence-electron chi connectivity index (χ1n) is 6.65. The maximum atomic E-state index is 13.4. The SMILES string of the molecule is CC(C)(CCN)CCC(=O)NCc1ccccc1F. The summed E-state index contributed by atoms with van der Waals surface area (Å²) in [6.45, 7) is 5.07. The van der Waals surface area contributed by atoms with Crippen molar-refractivity contribution in [1.82, 2.24) is 5.32 Å². The molecule has 0 heterocycles. The van der Waals surface area contributed by atoms with Crippen molar-refractivity contribution in [2.24, 2.45) is 11.1 Å². The highest BCUT2D eigenvalue weighted by atomic mass is 19.1. The number of nitrogens with one attached hydrogen (secondary N) is 1. The molecular weight excluding hydrogens is 243 g/mol. The summed E-state index contributed by atoms with van der Waals surface area (Å²) in [5.74, 6) is -0.334. The van der Waals surface area contributed by atoms with Gasteiger partial charge in [0.1, 0.15) is 5.82 Å². The van der Waals surface area contributed by atoms with Gasteiger partial charge in [-0.05, 0) is 30.9 Å². The van der Waals surface area contributed by atoms with Crippen LogP contribution in [0.2, 0.25) is 0 Å². The highest BCUT2D eigenvalue weighted by Gasteiger charge is 2.18. The summed E-state index contributed by atoms with van der Waals surface area (Å²) in [5.41, 5.74) is 6.11. The Morgan fingerprint density at radius 3 is 2.63 bits per heavy atom. The predicted molar refractivity (Wildman–Crippen MR) is 74.9 cm³/mol. The summed E-state index contributed by atoms with van der Waals surface area (Å²) >= 11 is 0. The molecule has 0 aliphatic heterocycles. The minimum atomic E-state index is -0.286. The van der Waals surface area contributed by atoms with Gasteiger partial charge >= 0.3 is 0 Å². The van der Waals surface area contributed by atoms with Crippen LogP contribution in [0, 0.1) is 11.2 Å². The molecule has 4 heteroatoms. The van der Waals surface area contributed by atoms with Crippen molar-refractivity contribution in [1.29, 1.82) is 0 Å². The summed E-state index contributed by atoms with van der Waals surface area (Å²) in [7, 11) is 0. The minimum absolute atomic E-state index is 0.0478. The zero-order chi connectivity index (χ0) is 14.3. The number of hydrogen-bond donors (Lipinski definition) is 2. The Kier molecular flexibility index (Phi) is 5.96. The average Bonchev–Trinajstić information content (AvgIpc) is 2.35. The minimum Gasteiger partial charge on any atom is -0.352 e. The average molecular weight is 266 g/mol. The van der Waals surface area contributed by atoms with Crippen LogP contribution in [-0.4, -0.2) is 12.5 Å². The van der Waals surface area contributed by atoms with Crippen molar-refractivity contribution in [2.45, 2.75) is 39.7 Å². The molecular formula is C15H23FN2O. The molecule has 0 aliphatic rings. The van der Waals surface area contributed by atoms with Crippen molar-refractivity contribution < 1.29 is 9.18 Å². The lowest BCUT2D eigenvalue weighted by molar-refractivity contribution is -0.121. The van der Waals surface area contributed by atoms with E-state index in [1.165, 1.54) is 6.07 Å². The Hall–Kier alpha value is -1.42. The first kappa shape index (κ1) is 15.6. The van der Waals surface area contributed by atoms with E-state index in [9.17, 15) is 9.18 Å². The molecule has 1 aromatic rings. The van der Waals surface area contributed by atoms with E-state index >= 15 is 0 Å². The lowest BCUT2D eigenvalue weighted by Gasteiger charge is -2.23. The molecule has 1 rings (SSSR count). The van der Waals surface area contributed by atoms with Crippen LogP contribution in [0.25, 0.3) is 0 Å². The molecule has 19 heavy (non-hydrogen) atoms. The van der Waals surface area contributed by atoms with Gasteiger partial charge in [-0.25, -0.2) is 4.39 Å². The van der Waals surface area contributed by atoms with Crippen LogP contribution in [-0.2, 0) is 11.3 Å². The Balaban J connectivity index is 2.35. The van der Waals surface area contributed by atoms with Gasteiger partial charge in [0, 0.05) is 18.5 Å². The topological polar surface area (TPSA) is 55.1 Å². The molecule has 3 nitrogen and oxygen atoms in total. The van der Waals surface area contributed by atoms with Crippen molar-refractivity contribution in [3.05, 3.63) is 35.6 Å². The third-order valence-electron chi connectivity index (χ3n) is 3.28. The van der Waals surface area contributed by atoms with Crippen LogP contribution in [0.15, 0.2) is 24.3 Å². The van der Waals surface area contributed by atoms with Crippen molar-refractivity contribution >= 4 is 5.91 Å². The third-order valence-corrected chi connectivity index (χ3v) is 3.28. The quantitative estimate of drug-likeness (QED) is 0.797. The first-order chi connectivity index (χ1) is 8.94. The van der Waals surface area contributed by atoms with Crippen LogP contribution in [0.1, 0.15) is 38.7 Å². The van der Waals surface area contributed by atoms with E-state index in [1.54, 1.807) is 18.2 Å². The number of hydrogen-bond acceptors (Lipinski definition) is 2. The number of carbonyl (C=O) groups excluding carboxylic acids is 1. The van der Waals surface area contributed by atoms with E-state index in [-0.39, 0.29) is 23.7 Å². The van der Waals surface area contributed by atoms with Crippen LogP contribution < -0.4 is 11.1 Å². The summed E-state index contributed by atoms with van der Waals surface area (Å²) in [5, 5.41) is 2.74. The molecule has 0 saturated carbocycles. The highest BCUT2D eigenvalue weighted by molar-refractivity contribution is 5.75. The molecule has 106 valence electrons. The predicted octanol–water partition coefficient (Wildman–Crippen LogP) is 2.60. The maximum Gasteiger partial charge on any atom is 0.220 e. The molecule has 0 spiro atoms. The standard InChI is InChI=1S/C15H23FN2O/c1-15(2,9-10-17)8-7-14(19)18-11-12-5-3-4-6-13(12)16/h3-6H,7-11,17H2,1-2H3,(H,18,19). The molecule has 0 radical (unpaired) electrons. The van der Waals surface area contributed by atoms with E-state index in [0.29, 0.717) is 18.5 Å². The van der Waals surface area contributed by atoms with Crippen LogP contribution in [0.5, 0.6) is 0 Å². The van der Waals surface area contributed by atoms with Gasteiger partial charge in [-0.15, -0.1) is 0 Å². The Labute approximate surface area is 114 Å². The van der Waals surface area contributed by atoms with Gasteiger partial charge < -0.3 is 11.1 Å². The van der Waals surface area contributed by atoms with Gasteiger partial charge in [-0.3, -0.25) is 4.79 Å². The smallest absolute Gasteiger partial charge is 0.220 e.